The summed E-state index contributed by atoms with van der Waals surface area (Å²) in [5, 5.41) is 5.38. The molecule has 2 N–H and O–H groups in total. The van der Waals surface area contributed by atoms with Crippen LogP contribution in [0.4, 0.5) is 10.5 Å². The SMILES string of the molecule is CC(C)(C)OC(=O)NCCSCC(=O)Nc1cccnc1. The van der Waals surface area contributed by atoms with Crippen molar-refractivity contribution < 1.29 is 14.3 Å². The van der Waals surface area contributed by atoms with E-state index in [-0.39, 0.29) is 5.91 Å². The third kappa shape index (κ3) is 8.91. The summed E-state index contributed by atoms with van der Waals surface area (Å²) in [6, 6.07) is 3.53. The smallest absolute Gasteiger partial charge is 0.407 e. The minimum absolute atomic E-state index is 0.0923. The second kappa shape index (κ2) is 8.51. The summed E-state index contributed by atoms with van der Waals surface area (Å²) >= 11 is 1.44. The first-order valence-corrected chi connectivity index (χ1v) is 7.77. The van der Waals surface area contributed by atoms with Crippen LogP contribution in [0.2, 0.25) is 0 Å². The molecule has 0 aliphatic rings. The lowest BCUT2D eigenvalue weighted by Crippen LogP contribution is -2.33. The highest BCUT2D eigenvalue weighted by molar-refractivity contribution is 7.99. The Hall–Kier alpha value is -1.76. The van der Waals surface area contributed by atoms with Crippen molar-refractivity contribution in [3.05, 3.63) is 24.5 Å². The van der Waals surface area contributed by atoms with Crippen molar-refractivity contribution in [2.24, 2.45) is 0 Å². The van der Waals surface area contributed by atoms with Gasteiger partial charge in [0.25, 0.3) is 0 Å². The lowest BCUT2D eigenvalue weighted by atomic mass is 10.2. The van der Waals surface area contributed by atoms with E-state index in [1.165, 1.54) is 11.8 Å². The number of rotatable bonds is 6. The maximum Gasteiger partial charge on any atom is 0.407 e. The first-order valence-electron chi connectivity index (χ1n) is 6.61. The lowest BCUT2D eigenvalue weighted by Gasteiger charge is -2.19. The van der Waals surface area contributed by atoms with Gasteiger partial charge in [-0.1, -0.05) is 0 Å². The van der Waals surface area contributed by atoms with Gasteiger partial charge < -0.3 is 15.4 Å². The van der Waals surface area contributed by atoms with Crippen LogP contribution >= 0.6 is 11.8 Å². The second-order valence-corrected chi connectivity index (χ2v) is 6.38. The monoisotopic (exact) mass is 311 g/mol. The molecule has 0 unspecified atom stereocenters. The highest BCUT2D eigenvalue weighted by Gasteiger charge is 2.15. The first kappa shape index (κ1) is 17.3. The molecule has 1 rings (SSSR count). The average Bonchev–Trinajstić information content (AvgIpc) is 2.37. The van der Waals surface area contributed by atoms with E-state index in [0.717, 1.165) is 0 Å². The van der Waals surface area contributed by atoms with Crippen LogP contribution in [0.25, 0.3) is 0 Å². The molecule has 21 heavy (non-hydrogen) atoms. The van der Waals surface area contributed by atoms with Crippen LogP contribution in [0.1, 0.15) is 20.8 Å². The number of hydrogen-bond donors (Lipinski definition) is 2. The Morgan fingerprint density at radius 2 is 2.14 bits per heavy atom. The molecule has 0 saturated carbocycles. The Labute approximate surface area is 129 Å². The predicted octanol–water partition coefficient (Wildman–Crippen LogP) is 2.28. The molecule has 1 aromatic heterocycles. The number of alkyl carbamates (subject to hydrolysis) is 1. The Kier molecular flexibility index (Phi) is 7.01. The van der Waals surface area contributed by atoms with Gasteiger partial charge in [0.1, 0.15) is 5.60 Å². The summed E-state index contributed by atoms with van der Waals surface area (Å²) in [6.45, 7) is 5.89. The Morgan fingerprint density at radius 3 is 2.76 bits per heavy atom. The molecule has 6 nitrogen and oxygen atoms in total. The first-order chi connectivity index (χ1) is 9.87. The molecule has 1 heterocycles. The van der Waals surface area contributed by atoms with E-state index >= 15 is 0 Å². The number of nitrogens with one attached hydrogen (secondary N) is 2. The van der Waals surface area contributed by atoms with Gasteiger partial charge in [0.15, 0.2) is 0 Å². The van der Waals surface area contributed by atoms with Gasteiger partial charge in [-0.25, -0.2) is 4.79 Å². The summed E-state index contributed by atoms with van der Waals surface area (Å²) in [5.74, 6) is 0.871. The van der Waals surface area contributed by atoms with Crippen LogP contribution in [0, 0.1) is 0 Å². The maximum atomic E-state index is 11.6. The zero-order chi connectivity index (χ0) is 15.7. The minimum atomic E-state index is -0.499. The molecule has 7 heteroatoms. The molecule has 0 fully saturated rings. The van der Waals surface area contributed by atoms with Gasteiger partial charge in [-0.05, 0) is 32.9 Å². The van der Waals surface area contributed by atoms with Crippen molar-refractivity contribution in [3.63, 3.8) is 0 Å². The normalized spacial score (nSPS) is 10.8. The Balaban J connectivity index is 2.09. The fourth-order valence-electron chi connectivity index (χ4n) is 1.34. The van der Waals surface area contributed by atoms with E-state index in [0.29, 0.717) is 23.7 Å². The van der Waals surface area contributed by atoms with Crippen LogP contribution in [0.15, 0.2) is 24.5 Å². The van der Waals surface area contributed by atoms with Crippen LogP contribution < -0.4 is 10.6 Å². The summed E-state index contributed by atoms with van der Waals surface area (Å²) in [6.07, 6.45) is 2.79. The number of ether oxygens (including phenoxy) is 1. The number of hydrogen-bond acceptors (Lipinski definition) is 5. The van der Waals surface area contributed by atoms with E-state index < -0.39 is 11.7 Å². The summed E-state index contributed by atoms with van der Waals surface area (Å²) in [7, 11) is 0. The van der Waals surface area contributed by atoms with E-state index in [1.807, 2.05) is 20.8 Å². The highest BCUT2D eigenvalue weighted by atomic mass is 32.2. The molecule has 2 amide bonds. The van der Waals surface area contributed by atoms with Gasteiger partial charge in [0.05, 0.1) is 17.6 Å². The molecule has 0 aliphatic heterocycles. The molecule has 0 bridgehead atoms. The fraction of sp³-hybridized carbons (Fsp3) is 0.500. The topological polar surface area (TPSA) is 80.3 Å². The Morgan fingerprint density at radius 1 is 1.38 bits per heavy atom. The fourth-order valence-corrected chi connectivity index (χ4v) is 1.99. The van der Waals surface area contributed by atoms with E-state index in [2.05, 4.69) is 15.6 Å². The molecule has 0 spiro atoms. The third-order valence-corrected chi connectivity index (χ3v) is 3.05. The summed E-state index contributed by atoms with van der Waals surface area (Å²) in [4.78, 5) is 26.9. The van der Waals surface area contributed by atoms with Gasteiger partial charge in [-0.3, -0.25) is 9.78 Å². The van der Waals surface area contributed by atoms with Crippen LogP contribution in [0.3, 0.4) is 0 Å². The molecule has 0 atom stereocenters. The highest BCUT2D eigenvalue weighted by Crippen LogP contribution is 2.07. The zero-order valence-electron chi connectivity index (χ0n) is 12.5. The lowest BCUT2D eigenvalue weighted by molar-refractivity contribution is -0.113. The van der Waals surface area contributed by atoms with Gasteiger partial charge in [0, 0.05) is 18.5 Å². The van der Waals surface area contributed by atoms with E-state index in [4.69, 9.17) is 4.74 Å². The quantitative estimate of drug-likeness (QED) is 0.788. The number of aromatic nitrogens is 1. The molecule has 0 aliphatic carbocycles. The molecule has 0 radical (unpaired) electrons. The van der Waals surface area contributed by atoms with Gasteiger partial charge in [-0.2, -0.15) is 11.8 Å². The Bertz CT molecular complexity index is 460. The molecule has 116 valence electrons. The van der Waals surface area contributed by atoms with Gasteiger partial charge in [0.2, 0.25) is 5.91 Å². The molecular weight excluding hydrogens is 290 g/mol. The third-order valence-electron chi connectivity index (χ3n) is 2.09. The largest absolute Gasteiger partial charge is 0.444 e. The maximum absolute atomic E-state index is 11.6. The molecule has 0 aromatic carbocycles. The van der Waals surface area contributed by atoms with Gasteiger partial charge >= 0.3 is 6.09 Å². The number of carbonyl (C=O) groups is 2. The van der Waals surface area contributed by atoms with E-state index in [1.54, 1.807) is 24.5 Å². The van der Waals surface area contributed by atoms with E-state index in [9.17, 15) is 9.59 Å². The van der Waals surface area contributed by atoms with Crippen LogP contribution in [-0.2, 0) is 9.53 Å². The van der Waals surface area contributed by atoms with Crippen molar-refractivity contribution in [2.45, 2.75) is 26.4 Å². The molecule has 1 aromatic rings. The van der Waals surface area contributed by atoms with Gasteiger partial charge in [-0.15, -0.1) is 0 Å². The van der Waals surface area contributed by atoms with Crippen LogP contribution in [-0.4, -0.2) is 40.6 Å². The minimum Gasteiger partial charge on any atom is -0.444 e. The van der Waals surface area contributed by atoms with Crippen LogP contribution in [0.5, 0.6) is 0 Å². The average molecular weight is 311 g/mol. The number of nitrogens with zero attached hydrogens (tertiary/aromatic N) is 1. The number of amides is 2. The standard InChI is InChI=1S/C14H21N3O3S/c1-14(2,3)20-13(19)16-7-8-21-10-12(18)17-11-5-4-6-15-9-11/h4-6,9H,7-8,10H2,1-3H3,(H,16,19)(H,17,18). The second-order valence-electron chi connectivity index (χ2n) is 5.27. The number of thioether (sulfide) groups is 1. The number of pyridine rings is 1. The van der Waals surface area contributed by atoms with Crippen molar-refractivity contribution in [2.75, 3.05) is 23.4 Å². The predicted molar refractivity (Wildman–Crippen MR) is 84.4 cm³/mol. The van der Waals surface area contributed by atoms with Crippen molar-refractivity contribution >= 4 is 29.4 Å². The molecule has 0 saturated heterocycles. The van der Waals surface area contributed by atoms with Crippen molar-refractivity contribution in [3.8, 4) is 0 Å². The number of carbonyl (C=O) groups excluding carboxylic acids is 2. The summed E-state index contributed by atoms with van der Waals surface area (Å²) < 4.78 is 5.10. The molecular formula is C14H21N3O3S. The zero-order valence-corrected chi connectivity index (χ0v) is 13.3. The van der Waals surface area contributed by atoms with Crippen molar-refractivity contribution in [1.82, 2.24) is 10.3 Å². The van der Waals surface area contributed by atoms with Crippen molar-refractivity contribution in [1.29, 1.82) is 0 Å². The number of anilines is 1. The summed E-state index contributed by atoms with van der Waals surface area (Å²) in [5.41, 5.74) is 0.177.